The maximum absolute atomic E-state index is 12.9. The van der Waals surface area contributed by atoms with Crippen molar-refractivity contribution in [3.05, 3.63) is 76.0 Å². The minimum atomic E-state index is -0.0385. The van der Waals surface area contributed by atoms with Crippen LogP contribution in [0, 0.1) is 0 Å². The Labute approximate surface area is 175 Å². The van der Waals surface area contributed by atoms with Crippen LogP contribution in [0.25, 0.3) is 0 Å². The molecule has 0 spiro atoms. The molecule has 0 aliphatic rings. The van der Waals surface area contributed by atoms with Gasteiger partial charge < -0.3 is 19.1 Å². The number of carbonyl (C=O) groups excluding carboxylic acids is 1. The van der Waals surface area contributed by atoms with Crippen molar-refractivity contribution in [2.24, 2.45) is 0 Å². The van der Waals surface area contributed by atoms with Gasteiger partial charge >= 0.3 is 0 Å². The summed E-state index contributed by atoms with van der Waals surface area (Å²) in [6.45, 7) is 3.54. The molecular formula is C23H25NO4S. The van der Waals surface area contributed by atoms with E-state index >= 15 is 0 Å². The number of carbonyl (C=O) groups is 1. The van der Waals surface area contributed by atoms with Crippen LogP contribution >= 0.6 is 11.3 Å². The first-order valence-electron chi connectivity index (χ1n) is 9.40. The first-order valence-corrected chi connectivity index (χ1v) is 10.3. The minimum Gasteiger partial charge on any atom is -0.497 e. The SMILES string of the molecule is CCN(Cc1ccc(OCc2cccs2)c(OC)c1)C(=O)c1cccc(OC)c1. The topological polar surface area (TPSA) is 48.0 Å². The van der Waals surface area contributed by atoms with Crippen LogP contribution in [0.2, 0.25) is 0 Å². The van der Waals surface area contributed by atoms with Crippen molar-refractivity contribution in [2.45, 2.75) is 20.1 Å². The Kier molecular flexibility index (Phi) is 7.14. The van der Waals surface area contributed by atoms with Gasteiger partial charge in [0.15, 0.2) is 11.5 Å². The highest BCUT2D eigenvalue weighted by atomic mass is 32.1. The fourth-order valence-electron chi connectivity index (χ4n) is 2.96. The molecule has 1 amide bonds. The maximum atomic E-state index is 12.9. The number of benzene rings is 2. The molecule has 0 unspecified atom stereocenters. The third kappa shape index (κ3) is 5.29. The number of ether oxygens (including phenoxy) is 3. The zero-order valence-electron chi connectivity index (χ0n) is 16.9. The first kappa shape index (κ1) is 20.7. The van der Waals surface area contributed by atoms with E-state index in [-0.39, 0.29) is 5.91 Å². The zero-order chi connectivity index (χ0) is 20.6. The van der Waals surface area contributed by atoms with E-state index in [1.807, 2.05) is 54.8 Å². The van der Waals surface area contributed by atoms with Gasteiger partial charge in [0, 0.05) is 23.5 Å². The van der Waals surface area contributed by atoms with Gasteiger partial charge in [0.1, 0.15) is 12.4 Å². The van der Waals surface area contributed by atoms with E-state index in [1.54, 1.807) is 42.6 Å². The molecule has 0 atom stereocenters. The molecule has 0 aliphatic carbocycles. The molecule has 1 aromatic heterocycles. The van der Waals surface area contributed by atoms with E-state index in [9.17, 15) is 4.79 Å². The summed E-state index contributed by atoms with van der Waals surface area (Å²) >= 11 is 1.65. The van der Waals surface area contributed by atoms with Crippen molar-refractivity contribution >= 4 is 17.2 Å². The minimum absolute atomic E-state index is 0.0385. The molecule has 0 bridgehead atoms. The van der Waals surface area contributed by atoms with Crippen LogP contribution in [-0.4, -0.2) is 31.6 Å². The molecular weight excluding hydrogens is 386 g/mol. The van der Waals surface area contributed by atoms with Gasteiger partial charge in [-0.3, -0.25) is 4.79 Å². The molecule has 0 aliphatic heterocycles. The summed E-state index contributed by atoms with van der Waals surface area (Å²) in [7, 11) is 3.21. The highest BCUT2D eigenvalue weighted by Gasteiger charge is 2.16. The summed E-state index contributed by atoms with van der Waals surface area (Å²) in [6, 6.07) is 17.0. The Morgan fingerprint density at radius 3 is 2.55 bits per heavy atom. The second-order valence-corrected chi connectivity index (χ2v) is 7.44. The van der Waals surface area contributed by atoms with Crippen LogP contribution in [0.5, 0.6) is 17.2 Å². The lowest BCUT2D eigenvalue weighted by Gasteiger charge is -2.22. The van der Waals surface area contributed by atoms with Crippen molar-refractivity contribution in [1.82, 2.24) is 4.90 Å². The largest absolute Gasteiger partial charge is 0.497 e. The van der Waals surface area contributed by atoms with Crippen molar-refractivity contribution < 1.29 is 19.0 Å². The van der Waals surface area contributed by atoms with E-state index in [4.69, 9.17) is 14.2 Å². The molecule has 3 aromatic rings. The van der Waals surface area contributed by atoms with Crippen molar-refractivity contribution in [3.8, 4) is 17.2 Å². The average Bonchev–Trinajstić information content (AvgIpc) is 3.29. The quantitative estimate of drug-likeness (QED) is 0.497. The third-order valence-corrected chi connectivity index (χ3v) is 5.39. The third-order valence-electron chi connectivity index (χ3n) is 4.54. The van der Waals surface area contributed by atoms with E-state index in [0.29, 0.717) is 42.5 Å². The number of thiophene rings is 1. The summed E-state index contributed by atoms with van der Waals surface area (Å²) in [5.74, 6) is 1.97. The second kappa shape index (κ2) is 9.98. The predicted molar refractivity (Wildman–Crippen MR) is 115 cm³/mol. The summed E-state index contributed by atoms with van der Waals surface area (Å²) in [4.78, 5) is 15.9. The lowest BCUT2D eigenvalue weighted by molar-refractivity contribution is 0.0752. The van der Waals surface area contributed by atoms with Crippen LogP contribution in [0.15, 0.2) is 60.0 Å². The second-order valence-electron chi connectivity index (χ2n) is 6.40. The molecule has 0 saturated carbocycles. The van der Waals surface area contributed by atoms with Crippen molar-refractivity contribution in [3.63, 3.8) is 0 Å². The highest BCUT2D eigenvalue weighted by Crippen LogP contribution is 2.30. The predicted octanol–water partition coefficient (Wildman–Crippen LogP) is 5.01. The van der Waals surface area contributed by atoms with Gasteiger partial charge in [0.25, 0.3) is 5.91 Å². The summed E-state index contributed by atoms with van der Waals surface area (Å²) < 4.78 is 16.6. The van der Waals surface area contributed by atoms with Gasteiger partial charge in [0.05, 0.1) is 14.2 Å². The molecule has 6 heteroatoms. The molecule has 0 fully saturated rings. The summed E-state index contributed by atoms with van der Waals surface area (Å²) in [5.41, 5.74) is 1.58. The maximum Gasteiger partial charge on any atom is 0.254 e. The summed E-state index contributed by atoms with van der Waals surface area (Å²) in [5, 5.41) is 2.03. The van der Waals surface area contributed by atoms with E-state index in [0.717, 1.165) is 10.4 Å². The zero-order valence-corrected chi connectivity index (χ0v) is 17.7. The van der Waals surface area contributed by atoms with E-state index in [2.05, 4.69) is 0 Å². The molecule has 1 heterocycles. The fourth-order valence-corrected chi connectivity index (χ4v) is 3.58. The smallest absolute Gasteiger partial charge is 0.254 e. The molecule has 0 saturated heterocycles. The average molecular weight is 412 g/mol. The van der Waals surface area contributed by atoms with Crippen LogP contribution in [0.3, 0.4) is 0 Å². The monoisotopic (exact) mass is 411 g/mol. The van der Waals surface area contributed by atoms with Gasteiger partial charge in [-0.25, -0.2) is 0 Å². The van der Waals surface area contributed by atoms with Crippen molar-refractivity contribution in [2.75, 3.05) is 20.8 Å². The lowest BCUT2D eigenvalue weighted by atomic mass is 10.1. The normalized spacial score (nSPS) is 10.4. The van der Waals surface area contributed by atoms with Gasteiger partial charge in [0.2, 0.25) is 0 Å². The molecule has 5 nitrogen and oxygen atoms in total. The molecule has 152 valence electrons. The lowest BCUT2D eigenvalue weighted by Crippen LogP contribution is -2.30. The number of nitrogens with zero attached hydrogens (tertiary/aromatic N) is 1. The van der Waals surface area contributed by atoms with Gasteiger partial charge in [-0.05, 0) is 54.3 Å². The van der Waals surface area contributed by atoms with Crippen molar-refractivity contribution in [1.29, 1.82) is 0 Å². The van der Waals surface area contributed by atoms with E-state index < -0.39 is 0 Å². The van der Waals surface area contributed by atoms with Gasteiger partial charge in [-0.1, -0.05) is 18.2 Å². The standard InChI is InChI=1S/C23H25NO4S/c1-4-24(23(25)18-7-5-8-19(14-18)26-2)15-17-10-11-21(22(13-17)27-3)28-16-20-9-6-12-29-20/h5-14H,4,15-16H2,1-3H3. The number of hydrogen-bond donors (Lipinski definition) is 0. The Morgan fingerprint density at radius 1 is 1.00 bits per heavy atom. The van der Waals surface area contributed by atoms with Gasteiger partial charge in [-0.2, -0.15) is 0 Å². The molecule has 3 rings (SSSR count). The number of hydrogen-bond acceptors (Lipinski definition) is 5. The Balaban J connectivity index is 1.72. The van der Waals surface area contributed by atoms with Crippen LogP contribution in [0.1, 0.15) is 27.7 Å². The molecule has 0 radical (unpaired) electrons. The summed E-state index contributed by atoms with van der Waals surface area (Å²) in [6.07, 6.45) is 0. The van der Waals surface area contributed by atoms with Crippen LogP contribution in [0.4, 0.5) is 0 Å². The number of rotatable bonds is 9. The molecule has 29 heavy (non-hydrogen) atoms. The Bertz CT molecular complexity index is 940. The number of amides is 1. The first-order chi connectivity index (χ1) is 14.1. The van der Waals surface area contributed by atoms with Crippen LogP contribution in [-0.2, 0) is 13.2 Å². The Hall–Kier alpha value is -2.99. The molecule has 0 N–H and O–H groups in total. The van der Waals surface area contributed by atoms with Crippen LogP contribution < -0.4 is 14.2 Å². The fraction of sp³-hybridized carbons (Fsp3) is 0.261. The number of methoxy groups -OCH3 is 2. The van der Waals surface area contributed by atoms with E-state index in [1.165, 1.54) is 0 Å². The van der Waals surface area contributed by atoms with Gasteiger partial charge in [-0.15, -0.1) is 11.3 Å². The molecule has 2 aromatic carbocycles. The Morgan fingerprint density at radius 2 is 1.86 bits per heavy atom. The highest BCUT2D eigenvalue weighted by molar-refractivity contribution is 7.09.